The van der Waals surface area contributed by atoms with Gasteiger partial charge in [0.25, 0.3) is 0 Å². The first kappa shape index (κ1) is 10.1. The van der Waals surface area contributed by atoms with E-state index in [4.69, 9.17) is 11.3 Å². The summed E-state index contributed by atoms with van der Waals surface area (Å²) in [5.41, 5.74) is -0.432. The van der Waals surface area contributed by atoms with E-state index in [9.17, 15) is 4.79 Å². The van der Waals surface area contributed by atoms with E-state index in [0.29, 0.717) is 30.3 Å². The van der Waals surface area contributed by atoms with Crippen molar-refractivity contribution in [2.75, 3.05) is 6.61 Å². The predicted molar refractivity (Wildman–Crippen MR) is 58.3 cm³/mol. The Bertz CT molecular complexity index is 386. The standard InChI is InChI=1S/C13H17NO2/c1-7-8(2)10-6-9(7)11(14-3)13(10)4-5-16-12(13)15/h7-11H,4-6H2,1-2H3. The molecule has 0 radical (unpaired) electrons. The fraction of sp³-hybridized carbons (Fsp3) is 0.846. The summed E-state index contributed by atoms with van der Waals surface area (Å²) >= 11 is 0. The molecule has 0 aromatic rings. The molecule has 6 atom stereocenters. The largest absolute Gasteiger partial charge is 0.465 e. The van der Waals surface area contributed by atoms with Crippen molar-refractivity contribution in [2.24, 2.45) is 29.1 Å². The first-order valence-electron chi connectivity index (χ1n) is 6.16. The number of nitrogens with zero attached hydrogens (tertiary/aromatic N) is 1. The summed E-state index contributed by atoms with van der Waals surface area (Å²) in [6.07, 6.45) is 1.83. The van der Waals surface area contributed by atoms with Crippen molar-refractivity contribution in [2.45, 2.75) is 32.7 Å². The molecule has 1 aliphatic heterocycles. The smallest absolute Gasteiger partial charge is 0.320 e. The molecule has 0 N–H and O–H groups in total. The Labute approximate surface area is 96.0 Å². The molecule has 3 aliphatic rings. The Balaban J connectivity index is 2.07. The highest BCUT2D eigenvalue weighted by Gasteiger charge is 2.73. The highest BCUT2D eigenvalue weighted by molar-refractivity contribution is 5.81. The lowest BCUT2D eigenvalue weighted by Crippen LogP contribution is -2.47. The molecule has 86 valence electrons. The molecule has 1 saturated heterocycles. The lowest BCUT2D eigenvalue weighted by atomic mass is 9.62. The quantitative estimate of drug-likeness (QED) is 0.461. The fourth-order valence-corrected chi connectivity index (χ4v) is 4.54. The van der Waals surface area contributed by atoms with Gasteiger partial charge in [0.2, 0.25) is 6.04 Å². The van der Waals surface area contributed by atoms with E-state index in [-0.39, 0.29) is 12.0 Å². The van der Waals surface area contributed by atoms with Gasteiger partial charge in [-0.3, -0.25) is 4.79 Å². The maximum Gasteiger partial charge on any atom is 0.320 e. The van der Waals surface area contributed by atoms with Gasteiger partial charge >= 0.3 is 5.97 Å². The fourth-order valence-electron chi connectivity index (χ4n) is 4.54. The molecule has 1 heterocycles. The number of hydrogen-bond donors (Lipinski definition) is 0. The number of rotatable bonds is 0. The molecule has 2 saturated carbocycles. The minimum absolute atomic E-state index is 0.0836. The Kier molecular flexibility index (Phi) is 1.90. The topological polar surface area (TPSA) is 30.7 Å². The number of esters is 1. The minimum Gasteiger partial charge on any atom is -0.465 e. The van der Waals surface area contributed by atoms with Crippen molar-refractivity contribution >= 4 is 5.97 Å². The van der Waals surface area contributed by atoms with Gasteiger partial charge in [-0.1, -0.05) is 13.8 Å². The zero-order valence-corrected chi connectivity index (χ0v) is 9.77. The third-order valence-corrected chi connectivity index (χ3v) is 5.53. The van der Waals surface area contributed by atoms with Gasteiger partial charge in [0.1, 0.15) is 5.41 Å². The van der Waals surface area contributed by atoms with E-state index >= 15 is 0 Å². The molecule has 3 fully saturated rings. The Morgan fingerprint density at radius 1 is 1.44 bits per heavy atom. The van der Waals surface area contributed by atoms with Crippen LogP contribution in [0.15, 0.2) is 0 Å². The number of carbonyl (C=O) groups excluding carboxylic acids is 1. The zero-order chi connectivity index (χ0) is 11.5. The average molecular weight is 219 g/mol. The van der Waals surface area contributed by atoms with E-state index < -0.39 is 5.41 Å². The van der Waals surface area contributed by atoms with Crippen LogP contribution < -0.4 is 0 Å². The minimum atomic E-state index is -0.432. The first-order chi connectivity index (χ1) is 7.63. The van der Waals surface area contributed by atoms with Crippen molar-refractivity contribution in [3.63, 3.8) is 0 Å². The summed E-state index contributed by atoms with van der Waals surface area (Å²) in [4.78, 5) is 15.8. The molecular formula is C13H17NO2. The number of hydrogen-bond acceptors (Lipinski definition) is 2. The maximum atomic E-state index is 12.0. The van der Waals surface area contributed by atoms with Gasteiger partial charge in [-0.2, -0.15) is 0 Å². The van der Waals surface area contributed by atoms with Crippen LogP contribution in [0.1, 0.15) is 26.7 Å². The molecule has 0 aromatic carbocycles. The van der Waals surface area contributed by atoms with Crippen molar-refractivity contribution in [1.29, 1.82) is 0 Å². The summed E-state index contributed by atoms with van der Waals surface area (Å²) in [5, 5.41) is 0. The zero-order valence-electron chi connectivity index (χ0n) is 9.77. The summed E-state index contributed by atoms with van der Waals surface area (Å²) in [6, 6.07) is -0.112. The van der Waals surface area contributed by atoms with Gasteiger partial charge in [-0.25, -0.2) is 6.57 Å². The molecule has 3 rings (SSSR count). The van der Waals surface area contributed by atoms with Gasteiger partial charge < -0.3 is 9.58 Å². The van der Waals surface area contributed by atoms with Crippen molar-refractivity contribution in [3.05, 3.63) is 11.4 Å². The Hall–Kier alpha value is -1.04. The number of cyclic esters (lactones) is 1. The molecular weight excluding hydrogens is 202 g/mol. The second-order valence-electron chi connectivity index (χ2n) is 5.72. The highest BCUT2D eigenvalue weighted by Crippen LogP contribution is 2.65. The summed E-state index contributed by atoms with van der Waals surface area (Å²) in [7, 11) is 0. The van der Waals surface area contributed by atoms with E-state index in [1.54, 1.807) is 0 Å². The van der Waals surface area contributed by atoms with Crippen molar-refractivity contribution < 1.29 is 9.53 Å². The lowest BCUT2D eigenvalue weighted by Gasteiger charge is -2.37. The van der Waals surface area contributed by atoms with Crippen LogP contribution in [0.2, 0.25) is 0 Å². The molecule has 2 bridgehead atoms. The van der Waals surface area contributed by atoms with Crippen LogP contribution in [0.4, 0.5) is 0 Å². The Morgan fingerprint density at radius 2 is 2.19 bits per heavy atom. The van der Waals surface area contributed by atoms with Crippen LogP contribution in [-0.4, -0.2) is 18.6 Å². The van der Waals surface area contributed by atoms with Gasteiger partial charge in [-0.05, 0) is 24.2 Å². The monoisotopic (exact) mass is 219 g/mol. The SMILES string of the molecule is [C-]#[N+]C1C2CC(C(C)C2C)C12CCOC2=O. The van der Waals surface area contributed by atoms with Crippen LogP contribution in [0, 0.1) is 35.7 Å². The van der Waals surface area contributed by atoms with Crippen LogP contribution in [-0.2, 0) is 9.53 Å². The molecule has 0 aromatic heterocycles. The van der Waals surface area contributed by atoms with E-state index in [0.717, 1.165) is 12.8 Å². The summed E-state index contributed by atoms with van der Waals surface area (Å²) in [6.45, 7) is 12.4. The van der Waals surface area contributed by atoms with Gasteiger partial charge in [-0.15, -0.1) is 0 Å². The average Bonchev–Trinajstić information content (AvgIpc) is 2.87. The molecule has 16 heavy (non-hydrogen) atoms. The summed E-state index contributed by atoms with van der Waals surface area (Å²) < 4.78 is 5.18. The van der Waals surface area contributed by atoms with Crippen molar-refractivity contribution in [1.82, 2.24) is 0 Å². The Morgan fingerprint density at radius 3 is 2.75 bits per heavy atom. The van der Waals surface area contributed by atoms with Gasteiger partial charge in [0.15, 0.2) is 0 Å². The second-order valence-corrected chi connectivity index (χ2v) is 5.72. The second kappa shape index (κ2) is 3.00. The number of fused-ring (bicyclic) bond motifs is 3. The molecule has 2 aliphatic carbocycles. The maximum absolute atomic E-state index is 12.0. The molecule has 3 heteroatoms. The van der Waals surface area contributed by atoms with Crippen LogP contribution in [0.5, 0.6) is 0 Å². The van der Waals surface area contributed by atoms with Gasteiger partial charge in [0.05, 0.1) is 6.61 Å². The van der Waals surface area contributed by atoms with Gasteiger partial charge in [0, 0.05) is 12.3 Å². The lowest BCUT2D eigenvalue weighted by molar-refractivity contribution is -0.150. The number of ether oxygens (including phenoxy) is 1. The van der Waals surface area contributed by atoms with Crippen LogP contribution in [0.25, 0.3) is 4.85 Å². The third-order valence-electron chi connectivity index (χ3n) is 5.53. The highest BCUT2D eigenvalue weighted by atomic mass is 16.5. The number of carbonyl (C=O) groups is 1. The van der Waals surface area contributed by atoms with E-state index in [1.807, 2.05) is 0 Å². The van der Waals surface area contributed by atoms with E-state index in [2.05, 4.69) is 18.7 Å². The summed E-state index contributed by atoms with van der Waals surface area (Å²) in [5.74, 6) is 1.88. The normalized spacial score (nSPS) is 54.3. The molecule has 6 unspecified atom stereocenters. The third kappa shape index (κ3) is 0.878. The van der Waals surface area contributed by atoms with E-state index in [1.165, 1.54) is 0 Å². The van der Waals surface area contributed by atoms with Crippen molar-refractivity contribution in [3.8, 4) is 0 Å². The molecule has 0 amide bonds. The predicted octanol–water partition coefficient (Wildman–Crippen LogP) is 2.13. The first-order valence-corrected chi connectivity index (χ1v) is 6.16. The van der Waals surface area contributed by atoms with Crippen LogP contribution >= 0.6 is 0 Å². The van der Waals surface area contributed by atoms with Crippen LogP contribution in [0.3, 0.4) is 0 Å². The molecule has 1 spiro atoms. The molecule has 3 nitrogen and oxygen atoms in total.